The number of amides is 2. The lowest BCUT2D eigenvalue weighted by molar-refractivity contribution is -0.151. The Labute approximate surface area is 140 Å². The Morgan fingerprint density at radius 3 is 2.33 bits per heavy atom. The molecule has 0 spiro atoms. The molecular weight excluding hydrogens is 312 g/mol. The van der Waals surface area contributed by atoms with Crippen LogP contribution in [0.25, 0.3) is 0 Å². The maximum Gasteiger partial charge on any atom is 0.309 e. The van der Waals surface area contributed by atoms with Gasteiger partial charge in [0.1, 0.15) is 5.75 Å². The second-order valence-electron chi connectivity index (χ2n) is 5.58. The molecule has 1 heterocycles. The van der Waals surface area contributed by atoms with E-state index in [4.69, 9.17) is 15.2 Å². The molecule has 0 aliphatic carbocycles. The molecule has 0 unspecified atom stereocenters. The first-order valence-electron chi connectivity index (χ1n) is 7.98. The van der Waals surface area contributed by atoms with Crippen LogP contribution in [0.5, 0.6) is 5.75 Å². The van der Waals surface area contributed by atoms with Crippen molar-refractivity contribution in [3.8, 4) is 5.75 Å². The van der Waals surface area contributed by atoms with Gasteiger partial charge in [0, 0.05) is 18.7 Å². The van der Waals surface area contributed by atoms with E-state index in [1.807, 2.05) is 0 Å². The predicted octanol–water partition coefficient (Wildman–Crippen LogP) is 0.966. The van der Waals surface area contributed by atoms with E-state index in [0.717, 1.165) is 0 Å². The van der Waals surface area contributed by atoms with Crippen molar-refractivity contribution in [3.63, 3.8) is 0 Å². The average Bonchev–Trinajstić information content (AvgIpc) is 2.60. The summed E-state index contributed by atoms with van der Waals surface area (Å²) in [5.41, 5.74) is 5.55. The van der Waals surface area contributed by atoms with Crippen molar-refractivity contribution in [2.75, 3.05) is 26.3 Å². The van der Waals surface area contributed by atoms with Crippen LogP contribution in [0, 0.1) is 5.92 Å². The van der Waals surface area contributed by atoms with Gasteiger partial charge in [0.2, 0.25) is 5.91 Å². The first-order valence-corrected chi connectivity index (χ1v) is 7.98. The smallest absolute Gasteiger partial charge is 0.309 e. The van der Waals surface area contributed by atoms with Crippen LogP contribution in [0.15, 0.2) is 24.3 Å². The molecule has 0 bridgehead atoms. The van der Waals surface area contributed by atoms with Gasteiger partial charge >= 0.3 is 5.97 Å². The van der Waals surface area contributed by atoms with Crippen LogP contribution in [0.2, 0.25) is 0 Å². The lowest BCUT2D eigenvalue weighted by Gasteiger charge is -2.30. The van der Waals surface area contributed by atoms with Crippen LogP contribution in [-0.2, 0) is 14.3 Å². The Morgan fingerprint density at radius 1 is 1.17 bits per heavy atom. The number of nitrogens with two attached hydrogens (primary N) is 1. The van der Waals surface area contributed by atoms with Gasteiger partial charge in [-0.05, 0) is 44.0 Å². The highest BCUT2D eigenvalue weighted by atomic mass is 16.5. The molecule has 0 atom stereocenters. The number of benzene rings is 1. The lowest BCUT2D eigenvalue weighted by atomic mass is 9.97. The Kier molecular flexibility index (Phi) is 6.17. The fourth-order valence-electron chi connectivity index (χ4n) is 2.58. The van der Waals surface area contributed by atoms with Crippen molar-refractivity contribution in [2.24, 2.45) is 11.7 Å². The number of carbonyl (C=O) groups is 3. The Bertz CT molecular complexity index is 592. The van der Waals surface area contributed by atoms with Gasteiger partial charge in [-0.2, -0.15) is 0 Å². The molecule has 24 heavy (non-hydrogen) atoms. The van der Waals surface area contributed by atoms with Gasteiger partial charge in [0.05, 0.1) is 12.5 Å². The zero-order valence-corrected chi connectivity index (χ0v) is 13.7. The van der Waals surface area contributed by atoms with E-state index in [-0.39, 0.29) is 24.4 Å². The molecule has 7 nitrogen and oxygen atoms in total. The first kappa shape index (κ1) is 17.8. The van der Waals surface area contributed by atoms with Crippen LogP contribution in [0.1, 0.15) is 30.1 Å². The largest absolute Gasteiger partial charge is 0.484 e. The maximum absolute atomic E-state index is 12.2. The minimum Gasteiger partial charge on any atom is -0.484 e. The third kappa shape index (κ3) is 4.71. The fraction of sp³-hybridized carbons (Fsp3) is 0.471. The lowest BCUT2D eigenvalue weighted by Crippen LogP contribution is -2.42. The molecule has 7 heteroatoms. The summed E-state index contributed by atoms with van der Waals surface area (Å²) in [4.78, 5) is 36.5. The number of likely N-dealkylation sites (tertiary alicyclic amines) is 1. The molecule has 1 aromatic carbocycles. The molecule has 1 aliphatic heterocycles. The molecule has 1 saturated heterocycles. The topological polar surface area (TPSA) is 98.9 Å². The Morgan fingerprint density at radius 2 is 1.79 bits per heavy atom. The van der Waals surface area contributed by atoms with Crippen LogP contribution in [-0.4, -0.2) is 49.0 Å². The molecule has 1 aliphatic rings. The number of nitrogens with zero attached hydrogens (tertiary/aromatic N) is 1. The predicted molar refractivity (Wildman–Crippen MR) is 86.4 cm³/mol. The number of primary amides is 1. The monoisotopic (exact) mass is 334 g/mol. The van der Waals surface area contributed by atoms with Crippen molar-refractivity contribution in [2.45, 2.75) is 19.8 Å². The number of hydrogen-bond donors (Lipinski definition) is 1. The van der Waals surface area contributed by atoms with Crippen molar-refractivity contribution >= 4 is 17.8 Å². The molecule has 0 aromatic heterocycles. The highest BCUT2D eigenvalue weighted by Gasteiger charge is 2.28. The van der Waals surface area contributed by atoms with E-state index in [9.17, 15) is 14.4 Å². The van der Waals surface area contributed by atoms with Gasteiger partial charge in [-0.15, -0.1) is 0 Å². The standard InChI is InChI=1S/C17H22N2O5/c1-2-23-17(22)13-7-9-19(10-8-13)15(20)11-24-14-5-3-12(4-6-14)16(18)21/h3-6,13H,2,7-11H2,1H3,(H2,18,21). The van der Waals surface area contributed by atoms with Crippen LogP contribution in [0.3, 0.4) is 0 Å². The van der Waals surface area contributed by atoms with E-state index < -0.39 is 5.91 Å². The summed E-state index contributed by atoms with van der Waals surface area (Å²) in [6, 6.07) is 6.29. The zero-order chi connectivity index (χ0) is 17.5. The van der Waals surface area contributed by atoms with Gasteiger partial charge in [0.25, 0.3) is 5.91 Å². The summed E-state index contributed by atoms with van der Waals surface area (Å²) in [6.45, 7) is 3.11. The van der Waals surface area contributed by atoms with E-state index in [1.54, 1.807) is 36.1 Å². The van der Waals surface area contributed by atoms with Crippen molar-refractivity contribution in [1.82, 2.24) is 4.90 Å². The van der Waals surface area contributed by atoms with Crippen molar-refractivity contribution in [3.05, 3.63) is 29.8 Å². The summed E-state index contributed by atoms with van der Waals surface area (Å²) < 4.78 is 10.4. The molecule has 2 rings (SSSR count). The van der Waals surface area contributed by atoms with Gasteiger partial charge in [0.15, 0.2) is 6.61 Å². The number of esters is 1. The highest BCUT2D eigenvalue weighted by Crippen LogP contribution is 2.19. The SMILES string of the molecule is CCOC(=O)C1CCN(C(=O)COc2ccc(C(N)=O)cc2)CC1. The van der Waals surface area contributed by atoms with Crippen LogP contribution >= 0.6 is 0 Å². The average molecular weight is 334 g/mol. The van der Waals surface area contributed by atoms with E-state index in [1.165, 1.54) is 0 Å². The second-order valence-corrected chi connectivity index (χ2v) is 5.58. The number of rotatable bonds is 6. The molecule has 130 valence electrons. The molecule has 0 radical (unpaired) electrons. The normalized spacial score (nSPS) is 15.0. The van der Waals surface area contributed by atoms with Crippen LogP contribution < -0.4 is 10.5 Å². The molecule has 0 saturated carbocycles. The van der Waals surface area contributed by atoms with Crippen molar-refractivity contribution < 1.29 is 23.9 Å². The third-order valence-corrected chi connectivity index (χ3v) is 3.97. The summed E-state index contributed by atoms with van der Waals surface area (Å²) >= 11 is 0. The number of ether oxygens (including phenoxy) is 2. The number of hydrogen-bond acceptors (Lipinski definition) is 5. The summed E-state index contributed by atoms with van der Waals surface area (Å²) in [5.74, 6) is -0.459. The highest BCUT2D eigenvalue weighted by molar-refractivity contribution is 5.92. The molecular formula is C17H22N2O5. The first-order chi connectivity index (χ1) is 11.5. The van der Waals surface area contributed by atoms with E-state index in [0.29, 0.717) is 43.9 Å². The minimum atomic E-state index is -0.512. The molecule has 1 fully saturated rings. The summed E-state index contributed by atoms with van der Waals surface area (Å²) in [6.07, 6.45) is 1.22. The van der Waals surface area contributed by atoms with Gasteiger partial charge in [-0.1, -0.05) is 0 Å². The second kappa shape index (κ2) is 8.33. The minimum absolute atomic E-state index is 0.0833. The van der Waals surface area contributed by atoms with Crippen LogP contribution in [0.4, 0.5) is 0 Å². The summed E-state index contributed by atoms with van der Waals surface area (Å²) in [5, 5.41) is 0. The number of carbonyl (C=O) groups excluding carboxylic acids is 3. The summed E-state index contributed by atoms with van der Waals surface area (Å²) in [7, 11) is 0. The van der Waals surface area contributed by atoms with Gasteiger partial charge in [-0.25, -0.2) is 0 Å². The van der Waals surface area contributed by atoms with E-state index >= 15 is 0 Å². The van der Waals surface area contributed by atoms with Crippen molar-refractivity contribution in [1.29, 1.82) is 0 Å². The Hall–Kier alpha value is -2.57. The molecule has 2 N–H and O–H groups in total. The van der Waals surface area contributed by atoms with Gasteiger partial charge < -0.3 is 20.1 Å². The van der Waals surface area contributed by atoms with E-state index in [2.05, 4.69) is 0 Å². The maximum atomic E-state index is 12.2. The van der Waals surface area contributed by atoms with Gasteiger partial charge in [-0.3, -0.25) is 14.4 Å². The number of piperidine rings is 1. The molecule has 2 amide bonds. The quantitative estimate of drug-likeness (QED) is 0.782. The zero-order valence-electron chi connectivity index (χ0n) is 13.7. The fourth-order valence-corrected chi connectivity index (χ4v) is 2.58. The Balaban J connectivity index is 1.77. The molecule has 1 aromatic rings. The third-order valence-electron chi connectivity index (χ3n) is 3.97.